The third-order valence-corrected chi connectivity index (χ3v) is 5.09. The van der Waals surface area contributed by atoms with E-state index in [4.69, 9.17) is 0 Å². The van der Waals surface area contributed by atoms with Gasteiger partial charge in [-0.25, -0.2) is 18.6 Å². The molecule has 5 nitrogen and oxygen atoms in total. The Bertz CT molecular complexity index is 1050. The van der Waals surface area contributed by atoms with Gasteiger partial charge in [0.2, 0.25) is 0 Å². The van der Waals surface area contributed by atoms with Crippen LogP contribution in [0.1, 0.15) is 12.8 Å². The number of anilines is 3. The van der Waals surface area contributed by atoms with Crippen molar-refractivity contribution in [2.75, 3.05) is 28.6 Å². The van der Waals surface area contributed by atoms with Gasteiger partial charge in [-0.3, -0.25) is 0 Å². The number of benzene rings is 2. The van der Waals surface area contributed by atoms with Gasteiger partial charge < -0.3 is 15.5 Å². The second-order valence-electron chi connectivity index (χ2n) is 6.60. The van der Waals surface area contributed by atoms with Crippen molar-refractivity contribution in [2.45, 2.75) is 12.8 Å². The van der Waals surface area contributed by atoms with Crippen LogP contribution in [0.4, 0.5) is 30.8 Å². The molecule has 1 aliphatic heterocycles. The molecule has 0 spiro atoms. The minimum Gasteiger partial charge on any atom is -0.357 e. The van der Waals surface area contributed by atoms with Crippen molar-refractivity contribution in [2.24, 2.45) is 0 Å². The number of fused-ring (bicyclic) bond motifs is 1. The number of nitrogens with zero attached hydrogens (tertiary/aromatic N) is 2. The number of hydrogen-bond donors (Lipinski definition) is 2. The maximum absolute atomic E-state index is 14.6. The molecule has 0 aliphatic carbocycles. The molecule has 28 heavy (non-hydrogen) atoms. The summed E-state index contributed by atoms with van der Waals surface area (Å²) in [6.45, 7) is 1.85. The smallest absolute Gasteiger partial charge is 0.323 e. The van der Waals surface area contributed by atoms with Crippen molar-refractivity contribution < 1.29 is 13.6 Å². The molecule has 2 N–H and O–H groups in total. The van der Waals surface area contributed by atoms with Gasteiger partial charge in [0.25, 0.3) is 0 Å². The van der Waals surface area contributed by atoms with Gasteiger partial charge >= 0.3 is 6.03 Å². The highest BCUT2D eigenvalue weighted by Crippen LogP contribution is 2.26. The molecule has 1 saturated heterocycles. The summed E-state index contributed by atoms with van der Waals surface area (Å²) < 4.78 is 29.0. The summed E-state index contributed by atoms with van der Waals surface area (Å²) in [6, 6.07) is 10.1. The summed E-state index contributed by atoms with van der Waals surface area (Å²) in [6.07, 6.45) is 2.22. The zero-order valence-corrected chi connectivity index (χ0v) is 16.4. The van der Waals surface area contributed by atoms with Crippen molar-refractivity contribution >= 4 is 50.1 Å². The first-order chi connectivity index (χ1) is 13.5. The lowest BCUT2D eigenvalue weighted by atomic mass is 10.2. The van der Waals surface area contributed by atoms with Gasteiger partial charge in [0.05, 0.1) is 5.69 Å². The summed E-state index contributed by atoms with van der Waals surface area (Å²) in [5.74, 6) is -0.343. The van der Waals surface area contributed by atoms with Crippen molar-refractivity contribution in [3.05, 3.63) is 58.6 Å². The van der Waals surface area contributed by atoms with E-state index < -0.39 is 17.7 Å². The van der Waals surface area contributed by atoms with Crippen molar-refractivity contribution in [1.29, 1.82) is 0 Å². The number of pyridine rings is 1. The molecule has 2 amide bonds. The predicted molar refractivity (Wildman–Crippen MR) is 110 cm³/mol. The molecule has 3 aromatic rings. The molecule has 0 saturated carbocycles. The van der Waals surface area contributed by atoms with Crippen LogP contribution in [0.5, 0.6) is 0 Å². The number of nitrogens with one attached hydrogen (secondary N) is 2. The molecule has 144 valence electrons. The zero-order valence-electron chi connectivity index (χ0n) is 14.8. The van der Waals surface area contributed by atoms with Gasteiger partial charge in [-0.05, 0) is 55.3 Å². The summed E-state index contributed by atoms with van der Waals surface area (Å²) in [7, 11) is 0. The van der Waals surface area contributed by atoms with E-state index in [1.165, 1.54) is 18.2 Å². The van der Waals surface area contributed by atoms with Crippen LogP contribution in [0, 0.1) is 11.6 Å². The summed E-state index contributed by atoms with van der Waals surface area (Å²) in [5.41, 5.74) is 0.545. The Hall–Kier alpha value is -2.74. The highest BCUT2D eigenvalue weighted by Gasteiger charge is 2.16. The van der Waals surface area contributed by atoms with Crippen LogP contribution < -0.4 is 15.5 Å². The van der Waals surface area contributed by atoms with Crippen LogP contribution in [0.3, 0.4) is 0 Å². The lowest BCUT2D eigenvalue weighted by Crippen LogP contribution is -2.20. The maximum Gasteiger partial charge on any atom is 0.323 e. The highest BCUT2D eigenvalue weighted by molar-refractivity contribution is 9.10. The molecule has 1 aliphatic rings. The zero-order chi connectivity index (χ0) is 19.7. The summed E-state index contributed by atoms with van der Waals surface area (Å²) in [5, 5.41) is 5.51. The Morgan fingerprint density at radius 1 is 1.00 bits per heavy atom. The maximum atomic E-state index is 14.6. The number of halogens is 3. The van der Waals surface area contributed by atoms with Crippen LogP contribution in [-0.2, 0) is 0 Å². The van der Waals surface area contributed by atoms with Crippen molar-refractivity contribution in [1.82, 2.24) is 4.98 Å². The third kappa shape index (κ3) is 3.91. The molecule has 0 radical (unpaired) electrons. The molecule has 2 heterocycles. The van der Waals surface area contributed by atoms with Crippen LogP contribution in [0.15, 0.2) is 46.9 Å². The van der Waals surface area contributed by atoms with Gasteiger partial charge in [-0.2, -0.15) is 0 Å². The highest BCUT2D eigenvalue weighted by atomic mass is 79.9. The van der Waals surface area contributed by atoms with Crippen LogP contribution in [0.2, 0.25) is 0 Å². The van der Waals surface area contributed by atoms with E-state index in [2.05, 4.69) is 36.4 Å². The van der Waals surface area contributed by atoms with Gasteiger partial charge in [-0.1, -0.05) is 15.9 Å². The first kappa shape index (κ1) is 18.6. The average molecular weight is 447 g/mol. The second kappa shape index (κ2) is 7.71. The number of carbonyl (C=O) groups is 1. The molecular formula is C20H17BrF2N4O. The minimum absolute atomic E-state index is 0.0267. The normalized spacial score (nSPS) is 13.8. The fourth-order valence-corrected chi connectivity index (χ4v) is 3.58. The number of amides is 2. The number of aromatic nitrogens is 1. The van der Waals surface area contributed by atoms with Gasteiger partial charge in [0, 0.05) is 28.6 Å². The Kier molecular flexibility index (Phi) is 5.13. The minimum atomic E-state index is -0.665. The van der Waals surface area contributed by atoms with Crippen LogP contribution >= 0.6 is 15.9 Å². The molecule has 0 atom stereocenters. The number of urea groups is 1. The Morgan fingerprint density at radius 2 is 1.79 bits per heavy atom. The van der Waals surface area contributed by atoms with E-state index in [9.17, 15) is 13.6 Å². The predicted octanol–water partition coefficient (Wildman–Crippen LogP) is 5.52. The molecule has 4 rings (SSSR count). The number of carbonyl (C=O) groups excluding carboxylic acids is 1. The quantitative estimate of drug-likeness (QED) is 0.556. The molecule has 1 aromatic heterocycles. The third-order valence-electron chi connectivity index (χ3n) is 4.60. The fourth-order valence-electron chi connectivity index (χ4n) is 3.25. The number of rotatable bonds is 3. The molecule has 8 heteroatoms. The largest absolute Gasteiger partial charge is 0.357 e. The lowest BCUT2D eigenvalue weighted by molar-refractivity contribution is 0.262. The molecule has 0 unspecified atom stereocenters. The molecule has 1 fully saturated rings. The van der Waals surface area contributed by atoms with Crippen LogP contribution in [-0.4, -0.2) is 24.1 Å². The first-order valence-electron chi connectivity index (χ1n) is 8.88. The van der Waals surface area contributed by atoms with E-state index in [1.54, 1.807) is 18.2 Å². The second-order valence-corrected chi connectivity index (χ2v) is 7.51. The van der Waals surface area contributed by atoms with E-state index in [0.29, 0.717) is 9.86 Å². The van der Waals surface area contributed by atoms with Gasteiger partial charge in [0.15, 0.2) is 5.82 Å². The topological polar surface area (TPSA) is 57.3 Å². The molecule has 2 aromatic carbocycles. The average Bonchev–Trinajstić information content (AvgIpc) is 3.18. The van der Waals surface area contributed by atoms with Crippen molar-refractivity contribution in [3.8, 4) is 0 Å². The van der Waals surface area contributed by atoms with E-state index in [0.717, 1.165) is 31.7 Å². The van der Waals surface area contributed by atoms with E-state index in [1.807, 2.05) is 6.07 Å². The Morgan fingerprint density at radius 3 is 2.54 bits per heavy atom. The SMILES string of the molecule is O=C(Nc1cc(F)c2nc(N3CCCC3)ccc2c1)Nc1ccc(Br)cc1F. The fraction of sp³-hybridized carbons (Fsp3) is 0.200. The monoisotopic (exact) mass is 446 g/mol. The standard InChI is InChI=1S/C20H17BrF2N4O/c21-13-4-5-17(15(22)10-13)25-20(28)24-14-9-12-3-6-18(27-7-1-2-8-27)26-19(12)16(23)11-14/h3-6,9-11H,1-2,7-8H2,(H2,24,25,28). The summed E-state index contributed by atoms with van der Waals surface area (Å²) in [4.78, 5) is 18.7. The van der Waals surface area contributed by atoms with E-state index >= 15 is 0 Å². The first-order valence-corrected chi connectivity index (χ1v) is 9.67. The Balaban J connectivity index is 1.53. The van der Waals surface area contributed by atoms with E-state index in [-0.39, 0.29) is 16.9 Å². The van der Waals surface area contributed by atoms with Gasteiger partial charge in [-0.15, -0.1) is 0 Å². The molecule has 0 bridgehead atoms. The lowest BCUT2D eigenvalue weighted by Gasteiger charge is -2.17. The molecular weight excluding hydrogens is 430 g/mol. The Labute approximate surface area is 168 Å². The van der Waals surface area contributed by atoms with Crippen molar-refractivity contribution in [3.63, 3.8) is 0 Å². The van der Waals surface area contributed by atoms with Gasteiger partial charge in [0.1, 0.15) is 17.2 Å². The summed E-state index contributed by atoms with van der Waals surface area (Å²) >= 11 is 3.15. The number of hydrogen-bond acceptors (Lipinski definition) is 3. The van der Waals surface area contributed by atoms with Crippen LogP contribution in [0.25, 0.3) is 10.9 Å².